The summed E-state index contributed by atoms with van der Waals surface area (Å²) in [5, 5.41) is 14.0. The Kier molecular flexibility index (Phi) is 4.96. The van der Waals surface area contributed by atoms with Gasteiger partial charge in [-0.25, -0.2) is 4.79 Å². The van der Waals surface area contributed by atoms with Crippen molar-refractivity contribution in [2.24, 2.45) is 5.92 Å². The second-order valence-corrected chi connectivity index (χ2v) is 5.80. The van der Waals surface area contributed by atoms with Gasteiger partial charge in [-0.2, -0.15) is 5.26 Å². The van der Waals surface area contributed by atoms with Crippen LogP contribution in [0.15, 0.2) is 24.3 Å². The lowest BCUT2D eigenvalue weighted by atomic mass is 10.0. The summed E-state index contributed by atoms with van der Waals surface area (Å²) in [6.07, 6.45) is 0.535. The van der Waals surface area contributed by atoms with Gasteiger partial charge in [0.15, 0.2) is 0 Å². The van der Waals surface area contributed by atoms with Crippen molar-refractivity contribution >= 4 is 23.5 Å². The van der Waals surface area contributed by atoms with Crippen molar-refractivity contribution in [3.8, 4) is 6.07 Å². The number of rotatable bonds is 5. The minimum Gasteiger partial charge on any atom is -0.326 e. The van der Waals surface area contributed by atoms with E-state index in [1.165, 1.54) is 6.07 Å². The van der Waals surface area contributed by atoms with Gasteiger partial charge in [0, 0.05) is 5.69 Å². The Labute approximate surface area is 134 Å². The minimum absolute atomic E-state index is 0.256. The van der Waals surface area contributed by atoms with Crippen molar-refractivity contribution in [1.29, 1.82) is 5.26 Å². The molecule has 0 radical (unpaired) electrons. The molecule has 1 saturated heterocycles. The third-order valence-corrected chi connectivity index (χ3v) is 3.39. The second-order valence-electron chi connectivity index (χ2n) is 5.80. The Morgan fingerprint density at radius 3 is 2.83 bits per heavy atom. The molecule has 0 bridgehead atoms. The number of hydrogen-bond acceptors (Lipinski definition) is 4. The van der Waals surface area contributed by atoms with E-state index in [2.05, 4.69) is 10.6 Å². The number of benzene rings is 1. The zero-order valence-corrected chi connectivity index (χ0v) is 13.0. The lowest BCUT2D eigenvalue weighted by Crippen LogP contribution is -2.38. The Balaban J connectivity index is 1.98. The molecule has 0 saturated carbocycles. The van der Waals surface area contributed by atoms with Crippen LogP contribution in [0.4, 0.5) is 10.5 Å². The van der Waals surface area contributed by atoms with E-state index < -0.39 is 18.0 Å². The maximum Gasteiger partial charge on any atom is 0.325 e. The van der Waals surface area contributed by atoms with Crippen molar-refractivity contribution in [3.05, 3.63) is 29.8 Å². The molecule has 7 heteroatoms. The highest BCUT2D eigenvalue weighted by Crippen LogP contribution is 2.15. The lowest BCUT2D eigenvalue weighted by molar-refractivity contribution is -0.131. The molecule has 0 aliphatic carbocycles. The van der Waals surface area contributed by atoms with Gasteiger partial charge < -0.3 is 10.6 Å². The van der Waals surface area contributed by atoms with Gasteiger partial charge in [0.25, 0.3) is 5.91 Å². The molecule has 0 aromatic heterocycles. The first-order chi connectivity index (χ1) is 10.9. The summed E-state index contributed by atoms with van der Waals surface area (Å²) < 4.78 is 0. The van der Waals surface area contributed by atoms with E-state index in [4.69, 9.17) is 5.26 Å². The molecule has 1 aliphatic rings. The third-order valence-electron chi connectivity index (χ3n) is 3.39. The van der Waals surface area contributed by atoms with Gasteiger partial charge in [0.05, 0.1) is 11.6 Å². The molecule has 4 amide bonds. The minimum atomic E-state index is -0.572. The van der Waals surface area contributed by atoms with Crippen molar-refractivity contribution in [3.63, 3.8) is 0 Å². The van der Waals surface area contributed by atoms with Crippen LogP contribution >= 0.6 is 0 Å². The predicted octanol–water partition coefficient (Wildman–Crippen LogP) is 1.46. The zero-order chi connectivity index (χ0) is 17.0. The first kappa shape index (κ1) is 16.5. The monoisotopic (exact) mass is 314 g/mol. The molecular formula is C16H18N4O3. The van der Waals surface area contributed by atoms with E-state index in [1.807, 2.05) is 19.9 Å². The number of carbonyl (C=O) groups excluding carboxylic acids is 3. The Morgan fingerprint density at radius 2 is 2.17 bits per heavy atom. The molecule has 1 aromatic rings. The highest BCUT2D eigenvalue weighted by molar-refractivity contribution is 6.07. The van der Waals surface area contributed by atoms with Gasteiger partial charge in [-0.1, -0.05) is 19.9 Å². The van der Waals surface area contributed by atoms with Gasteiger partial charge in [-0.05, 0) is 30.5 Å². The maximum atomic E-state index is 12.2. The summed E-state index contributed by atoms with van der Waals surface area (Å²) in [4.78, 5) is 36.9. The predicted molar refractivity (Wildman–Crippen MR) is 83.3 cm³/mol. The lowest BCUT2D eigenvalue weighted by Gasteiger charge is -2.13. The summed E-state index contributed by atoms with van der Waals surface area (Å²) >= 11 is 0. The number of urea groups is 1. The highest BCUT2D eigenvalue weighted by Gasteiger charge is 2.38. The molecule has 2 N–H and O–H groups in total. The summed E-state index contributed by atoms with van der Waals surface area (Å²) in [5.74, 6) is -0.620. The van der Waals surface area contributed by atoms with Crippen molar-refractivity contribution in [2.75, 3.05) is 11.9 Å². The summed E-state index contributed by atoms with van der Waals surface area (Å²) in [6.45, 7) is 3.56. The SMILES string of the molecule is CC(C)CC1NC(=O)N(CC(=O)Nc2cccc(C#N)c2)C1=O. The van der Waals surface area contributed by atoms with Crippen LogP contribution in [0.1, 0.15) is 25.8 Å². The first-order valence-electron chi connectivity index (χ1n) is 7.32. The Morgan fingerprint density at radius 1 is 1.43 bits per heavy atom. The highest BCUT2D eigenvalue weighted by atomic mass is 16.2. The molecule has 1 atom stereocenters. The summed E-state index contributed by atoms with van der Waals surface area (Å²) in [5.41, 5.74) is 0.856. The number of amides is 4. The summed E-state index contributed by atoms with van der Waals surface area (Å²) in [6, 6.07) is 7.25. The molecule has 23 heavy (non-hydrogen) atoms. The average Bonchev–Trinajstić information content (AvgIpc) is 2.74. The fourth-order valence-corrected chi connectivity index (χ4v) is 2.37. The number of carbonyl (C=O) groups is 3. The van der Waals surface area contributed by atoms with Gasteiger partial charge in [-0.15, -0.1) is 0 Å². The number of nitrogens with zero attached hydrogens (tertiary/aromatic N) is 2. The first-order valence-corrected chi connectivity index (χ1v) is 7.32. The van der Waals surface area contributed by atoms with E-state index in [9.17, 15) is 14.4 Å². The van der Waals surface area contributed by atoms with E-state index >= 15 is 0 Å². The normalized spacial score (nSPS) is 17.1. The quantitative estimate of drug-likeness (QED) is 0.803. The smallest absolute Gasteiger partial charge is 0.325 e. The molecule has 7 nitrogen and oxygen atoms in total. The van der Waals surface area contributed by atoms with Crippen LogP contribution in [-0.4, -0.2) is 35.3 Å². The van der Waals surface area contributed by atoms with Gasteiger partial charge >= 0.3 is 6.03 Å². The fraction of sp³-hybridized carbons (Fsp3) is 0.375. The number of hydrogen-bond donors (Lipinski definition) is 2. The van der Waals surface area contributed by atoms with E-state index in [1.54, 1.807) is 18.2 Å². The van der Waals surface area contributed by atoms with Crippen LogP contribution < -0.4 is 10.6 Å². The molecule has 1 aliphatic heterocycles. The molecule has 1 aromatic carbocycles. The average molecular weight is 314 g/mol. The third kappa shape index (κ3) is 4.07. The number of imide groups is 1. The van der Waals surface area contributed by atoms with E-state index in [-0.39, 0.29) is 18.4 Å². The maximum absolute atomic E-state index is 12.2. The molecular weight excluding hydrogens is 296 g/mol. The van der Waals surface area contributed by atoms with Crippen molar-refractivity contribution < 1.29 is 14.4 Å². The Bertz CT molecular complexity index is 678. The molecule has 2 rings (SSSR count). The van der Waals surface area contributed by atoms with Crippen LogP contribution in [-0.2, 0) is 9.59 Å². The van der Waals surface area contributed by atoms with Crippen LogP contribution in [0, 0.1) is 17.2 Å². The molecule has 120 valence electrons. The van der Waals surface area contributed by atoms with Crippen LogP contribution in [0.3, 0.4) is 0 Å². The zero-order valence-electron chi connectivity index (χ0n) is 13.0. The number of nitriles is 1. The van der Waals surface area contributed by atoms with E-state index in [0.717, 1.165) is 4.90 Å². The van der Waals surface area contributed by atoms with Gasteiger partial charge in [0.2, 0.25) is 5.91 Å². The number of anilines is 1. The van der Waals surface area contributed by atoms with Gasteiger partial charge in [-0.3, -0.25) is 14.5 Å². The standard InChI is InChI=1S/C16H18N4O3/c1-10(2)6-13-15(22)20(16(23)19-13)9-14(21)18-12-5-3-4-11(7-12)8-17/h3-5,7,10,13H,6,9H2,1-2H3,(H,18,21)(H,19,23). The summed E-state index contributed by atoms with van der Waals surface area (Å²) in [7, 11) is 0. The van der Waals surface area contributed by atoms with Crippen LogP contribution in [0.2, 0.25) is 0 Å². The van der Waals surface area contributed by atoms with Gasteiger partial charge in [0.1, 0.15) is 12.6 Å². The largest absolute Gasteiger partial charge is 0.326 e. The van der Waals surface area contributed by atoms with E-state index in [0.29, 0.717) is 17.7 Å². The van der Waals surface area contributed by atoms with Crippen molar-refractivity contribution in [1.82, 2.24) is 10.2 Å². The molecule has 1 fully saturated rings. The fourth-order valence-electron chi connectivity index (χ4n) is 2.37. The second kappa shape index (κ2) is 6.92. The Hall–Kier alpha value is -2.88. The topological polar surface area (TPSA) is 102 Å². The molecule has 1 heterocycles. The molecule has 0 spiro atoms. The van der Waals surface area contributed by atoms with Crippen molar-refractivity contribution in [2.45, 2.75) is 26.3 Å². The number of nitrogens with one attached hydrogen (secondary N) is 2. The van der Waals surface area contributed by atoms with Crippen LogP contribution in [0.25, 0.3) is 0 Å². The molecule has 1 unspecified atom stereocenters. The van der Waals surface area contributed by atoms with Crippen LogP contribution in [0.5, 0.6) is 0 Å².